The van der Waals surface area contributed by atoms with Gasteiger partial charge in [-0.05, 0) is 6.92 Å². The van der Waals surface area contributed by atoms with Crippen LogP contribution in [0.3, 0.4) is 0 Å². The predicted molar refractivity (Wildman–Crippen MR) is 63.3 cm³/mol. The Morgan fingerprint density at radius 2 is 2.11 bits per heavy atom. The third-order valence-corrected chi connectivity index (χ3v) is 2.45. The second-order valence-electron chi connectivity index (χ2n) is 3.57. The molecule has 0 saturated carbocycles. The molecule has 0 unspecified atom stereocenters. The molecule has 0 aliphatic carbocycles. The second-order valence-corrected chi connectivity index (χ2v) is 3.97. The molecule has 0 aliphatic heterocycles. The van der Waals surface area contributed by atoms with Gasteiger partial charge in [0.25, 0.3) is 0 Å². The highest BCUT2D eigenvalue weighted by molar-refractivity contribution is 6.32. The summed E-state index contributed by atoms with van der Waals surface area (Å²) in [4.78, 5) is 7.90. The molecule has 0 amide bonds. The molecule has 19 heavy (non-hydrogen) atoms. The number of anilines is 1. The number of aromatic nitrogens is 4. The number of nitrogens with zero attached hydrogens (tertiary/aromatic N) is 4. The molecule has 5 nitrogen and oxygen atoms in total. The van der Waals surface area contributed by atoms with Gasteiger partial charge in [0.2, 0.25) is 5.95 Å². The van der Waals surface area contributed by atoms with E-state index in [-0.39, 0.29) is 16.8 Å². The first kappa shape index (κ1) is 13.6. The lowest BCUT2D eigenvalue weighted by atomic mass is 10.4. The molecule has 0 spiro atoms. The van der Waals surface area contributed by atoms with Gasteiger partial charge in [0.05, 0.1) is 18.0 Å². The van der Waals surface area contributed by atoms with Gasteiger partial charge in [-0.2, -0.15) is 23.3 Å². The van der Waals surface area contributed by atoms with Crippen molar-refractivity contribution in [2.24, 2.45) is 0 Å². The van der Waals surface area contributed by atoms with E-state index in [1.54, 1.807) is 0 Å². The van der Waals surface area contributed by atoms with Gasteiger partial charge >= 0.3 is 6.18 Å². The van der Waals surface area contributed by atoms with Crippen molar-refractivity contribution in [3.63, 3.8) is 0 Å². The van der Waals surface area contributed by atoms with Crippen molar-refractivity contribution in [3.8, 4) is 5.82 Å². The van der Waals surface area contributed by atoms with E-state index >= 15 is 0 Å². The molecule has 0 aromatic carbocycles. The number of nitrogens with one attached hydrogen (secondary N) is 1. The Hall–Kier alpha value is -1.83. The van der Waals surface area contributed by atoms with Crippen molar-refractivity contribution in [1.82, 2.24) is 19.7 Å². The van der Waals surface area contributed by atoms with Gasteiger partial charge in [-0.25, -0.2) is 9.67 Å². The SMILES string of the molecule is CCNc1ncc(Cl)c(-n2cc(C(F)(F)F)cn2)n1. The van der Waals surface area contributed by atoms with Crippen LogP contribution in [0.4, 0.5) is 19.1 Å². The summed E-state index contributed by atoms with van der Waals surface area (Å²) in [5.74, 6) is 0.356. The summed E-state index contributed by atoms with van der Waals surface area (Å²) in [6, 6.07) is 0. The van der Waals surface area contributed by atoms with Gasteiger partial charge in [0.15, 0.2) is 5.82 Å². The summed E-state index contributed by atoms with van der Waals surface area (Å²) in [6.07, 6.45) is -1.62. The molecule has 2 aromatic rings. The van der Waals surface area contributed by atoms with E-state index in [9.17, 15) is 13.2 Å². The minimum Gasteiger partial charge on any atom is -0.354 e. The third-order valence-electron chi connectivity index (χ3n) is 2.19. The van der Waals surface area contributed by atoms with Crippen LogP contribution in [0.15, 0.2) is 18.6 Å². The van der Waals surface area contributed by atoms with Crippen molar-refractivity contribution >= 4 is 17.5 Å². The maximum absolute atomic E-state index is 12.5. The fourth-order valence-corrected chi connectivity index (χ4v) is 1.52. The highest BCUT2D eigenvalue weighted by atomic mass is 35.5. The van der Waals surface area contributed by atoms with Gasteiger partial charge in [-0.1, -0.05) is 11.6 Å². The van der Waals surface area contributed by atoms with Crippen molar-refractivity contribution in [3.05, 3.63) is 29.2 Å². The van der Waals surface area contributed by atoms with E-state index < -0.39 is 11.7 Å². The molecular weight excluding hydrogens is 283 g/mol. The molecular formula is C10H9ClF3N5. The standard InChI is InChI=1S/C10H9ClF3N5/c1-2-15-9-16-4-7(11)8(18-9)19-5-6(3-17-19)10(12,13)14/h3-5H,2H2,1H3,(H,15,16,18). The average Bonchev–Trinajstić information content (AvgIpc) is 2.81. The third kappa shape index (κ3) is 2.95. The summed E-state index contributed by atoms with van der Waals surface area (Å²) in [5, 5.41) is 6.56. The van der Waals surface area contributed by atoms with Crippen LogP contribution in [0.5, 0.6) is 0 Å². The Labute approximate surface area is 111 Å². The fraction of sp³-hybridized carbons (Fsp3) is 0.300. The minimum absolute atomic E-state index is 0.0862. The van der Waals surface area contributed by atoms with Crippen LogP contribution in [0.25, 0.3) is 5.82 Å². The predicted octanol–water partition coefficient (Wildman–Crippen LogP) is 2.77. The first-order valence-electron chi connectivity index (χ1n) is 5.30. The molecule has 0 fully saturated rings. The van der Waals surface area contributed by atoms with Gasteiger partial charge < -0.3 is 5.32 Å². The molecule has 102 valence electrons. The van der Waals surface area contributed by atoms with Crippen LogP contribution in [0.1, 0.15) is 12.5 Å². The summed E-state index contributed by atoms with van der Waals surface area (Å²) < 4.78 is 38.4. The summed E-state index contributed by atoms with van der Waals surface area (Å²) in [7, 11) is 0. The minimum atomic E-state index is -4.46. The Morgan fingerprint density at radius 1 is 1.37 bits per heavy atom. The number of hydrogen-bond donors (Lipinski definition) is 1. The molecule has 0 radical (unpaired) electrons. The first-order valence-corrected chi connectivity index (χ1v) is 5.68. The van der Waals surface area contributed by atoms with Crippen LogP contribution in [-0.4, -0.2) is 26.3 Å². The molecule has 0 aliphatic rings. The second kappa shape index (κ2) is 5.04. The van der Waals surface area contributed by atoms with E-state index in [2.05, 4.69) is 20.4 Å². The first-order chi connectivity index (χ1) is 8.91. The van der Waals surface area contributed by atoms with Crippen LogP contribution in [0.2, 0.25) is 5.02 Å². The Balaban J connectivity index is 2.41. The Bertz CT molecular complexity index is 581. The quantitative estimate of drug-likeness (QED) is 0.945. The van der Waals surface area contributed by atoms with Gasteiger partial charge in [0, 0.05) is 12.7 Å². The van der Waals surface area contributed by atoms with E-state index in [1.165, 1.54) is 6.20 Å². The smallest absolute Gasteiger partial charge is 0.354 e. The van der Waals surface area contributed by atoms with Crippen molar-refractivity contribution in [2.45, 2.75) is 13.1 Å². The maximum atomic E-state index is 12.5. The number of alkyl halides is 3. The van der Waals surface area contributed by atoms with Crippen molar-refractivity contribution in [2.75, 3.05) is 11.9 Å². The normalized spacial score (nSPS) is 11.6. The molecule has 0 atom stereocenters. The summed E-state index contributed by atoms with van der Waals surface area (Å²) in [5.41, 5.74) is -0.868. The Kier molecular flexibility index (Phi) is 3.61. The van der Waals surface area contributed by atoms with Crippen LogP contribution in [0, 0.1) is 0 Å². The molecule has 1 N–H and O–H groups in total. The number of rotatable bonds is 3. The number of hydrogen-bond acceptors (Lipinski definition) is 4. The van der Waals surface area contributed by atoms with Gasteiger partial charge in [-0.15, -0.1) is 0 Å². The Morgan fingerprint density at radius 3 is 2.68 bits per heavy atom. The molecule has 0 saturated heterocycles. The van der Waals surface area contributed by atoms with E-state index in [4.69, 9.17) is 11.6 Å². The fourth-order valence-electron chi connectivity index (χ4n) is 1.35. The molecule has 0 bridgehead atoms. The van der Waals surface area contributed by atoms with Crippen molar-refractivity contribution < 1.29 is 13.2 Å². The largest absolute Gasteiger partial charge is 0.419 e. The topological polar surface area (TPSA) is 55.6 Å². The van der Waals surface area contributed by atoms with E-state index in [1.807, 2.05) is 6.92 Å². The van der Waals surface area contributed by atoms with Crippen LogP contribution >= 0.6 is 11.6 Å². The van der Waals surface area contributed by atoms with Crippen LogP contribution < -0.4 is 5.32 Å². The van der Waals surface area contributed by atoms with E-state index in [0.29, 0.717) is 12.7 Å². The monoisotopic (exact) mass is 291 g/mol. The molecule has 2 aromatic heterocycles. The highest BCUT2D eigenvalue weighted by Crippen LogP contribution is 2.29. The zero-order chi connectivity index (χ0) is 14.0. The molecule has 9 heteroatoms. The van der Waals surface area contributed by atoms with Crippen molar-refractivity contribution in [1.29, 1.82) is 0 Å². The summed E-state index contributed by atoms with van der Waals surface area (Å²) >= 11 is 5.86. The van der Waals surface area contributed by atoms with Crippen LogP contribution in [-0.2, 0) is 6.18 Å². The van der Waals surface area contributed by atoms with E-state index in [0.717, 1.165) is 10.9 Å². The zero-order valence-electron chi connectivity index (χ0n) is 9.74. The lowest BCUT2D eigenvalue weighted by molar-refractivity contribution is -0.137. The molecule has 2 heterocycles. The maximum Gasteiger partial charge on any atom is 0.419 e. The van der Waals surface area contributed by atoms with Gasteiger partial charge in [-0.3, -0.25) is 0 Å². The zero-order valence-corrected chi connectivity index (χ0v) is 10.5. The lowest BCUT2D eigenvalue weighted by Gasteiger charge is -2.06. The summed E-state index contributed by atoms with van der Waals surface area (Å²) in [6.45, 7) is 2.42. The average molecular weight is 292 g/mol. The number of halogens is 4. The van der Waals surface area contributed by atoms with Gasteiger partial charge in [0.1, 0.15) is 5.02 Å². The highest BCUT2D eigenvalue weighted by Gasteiger charge is 2.32. The molecule has 2 rings (SSSR count). The lowest BCUT2D eigenvalue weighted by Crippen LogP contribution is -2.07.